The number of benzene rings is 2. The fourth-order valence-electron chi connectivity index (χ4n) is 2.25. The minimum Gasteiger partial charge on any atom is -0.340 e. The smallest absolute Gasteiger partial charge is 0.251 e. The van der Waals surface area contributed by atoms with Gasteiger partial charge in [-0.25, -0.2) is 0 Å². The second kappa shape index (κ2) is 9.49. The quantitative estimate of drug-likeness (QED) is 0.763. The molecule has 2 aromatic rings. The maximum Gasteiger partial charge on any atom is 0.251 e. The third-order valence-electron chi connectivity index (χ3n) is 3.64. The number of carbonyl (C=O) groups excluding carboxylic acids is 2. The van der Waals surface area contributed by atoms with Crippen LogP contribution in [0.3, 0.4) is 0 Å². The first-order valence-corrected chi connectivity index (χ1v) is 9.69. The van der Waals surface area contributed by atoms with E-state index in [0.29, 0.717) is 22.7 Å². The van der Waals surface area contributed by atoms with Crippen molar-refractivity contribution >= 4 is 40.9 Å². The number of thioether (sulfide) groups is 1. The van der Waals surface area contributed by atoms with E-state index in [9.17, 15) is 9.59 Å². The van der Waals surface area contributed by atoms with Crippen LogP contribution in [-0.4, -0.2) is 29.9 Å². The zero-order valence-corrected chi connectivity index (χ0v) is 15.8. The molecule has 0 aliphatic rings. The number of hydrogen-bond acceptors (Lipinski definition) is 3. The van der Waals surface area contributed by atoms with Crippen molar-refractivity contribution in [2.45, 2.75) is 19.4 Å². The van der Waals surface area contributed by atoms with Crippen molar-refractivity contribution in [2.24, 2.45) is 0 Å². The molecule has 0 bridgehead atoms. The number of hydrogen-bond donors (Lipinski definition) is 2. The van der Waals surface area contributed by atoms with Crippen LogP contribution >= 0.6 is 23.4 Å². The van der Waals surface area contributed by atoms with E-state index in [1.807, 2.05) is 25.3 Å². The summed E-state index contributed by atoms with van der Waals surface area (Å²) in [6.45, 7) is 1.96. The fraction of sp³-hybridized carbons (Fsp3) is 0.263. The van der Waals surface area contributed by atoms with Gasteiger partial charge in [0.15, 0.2) is 0 Å². The van der Waals surface area contributed by atoms with Gasteiger partial charge in [-0.3, -0.25) is 9.59 Å². The van der Waals surface area contributed by atoms with Crippen LogP contribution in [0.2, 0.25) is 5.02 Å². The van der Waals surface area contributed by atoms with Gasteiger partial charge in [0.25, 0.3) is 5.91 Å². The van der Waals surface area contributed by atoms with E-state index in [1.165, 1.54) is 0 Å². The molecule has 0 saturated heterocycles. The molecule has 0 aliphatic carbocycles. The van der Waals surface area contributed by atoms with Gasteiger partial charge in [-0.15, -0.1) is 0 Å². The summed E-state index contributed by atoms with van der Waals surface area (Å²) in [5.74, 6) is 0.256. The lowest BCUT2D eigenvalue weighted by Crippen LogP contribution is -2.44. The van der Waals surface area contributed by atoms with E-state index in [4.69, 9.17) is 11.6 Å². The van der Waals surface area contributed by atoms with E-state index in [2.05, 4.69) is 10.6 Å². The van der Waals surface area contributed by atoms with Crippen molar-refractivity contribution in [3.8, 4) is 0 Å². The second-order valence-electron chi connectivity index (χ2n) is 5.67. The van der Waals surface area contributed by atoms with Gasteiger partial charge in [-0.1, -0.05) is 35.4 Å². The lowest BCUT2D eigenvalue weighted by atomic mass is 10.1. The van der Waals surface area contributed by atoms with Gasteiger partial charge < -0.3 is 10.6 Å². The number of aryl methyl sites for hydroxylation is 1. The minimum atomic E-state index is -0.611. The molecule has 0 radical (unpaired) electrons. The molecular formula is C19H21ClN2O2S. The van der Waals surface area contributed by atoms with Gasteiger partial charge in [0.05, 0.1) is 0 Å². The van der Waals surface area contributed by atoms with Crippen molar-refractivity contribution in [1.82, 2.24) is 5.32 Å². The highest BCUT2D eigenvalue weighted by Gasteiger charge is 2.21. The van der Waals surface area contributed by atoms with E-state index < -0.39 is 6.04 Å². The van der Waals surface area contributed by atoms with Crippen LogP contribution in [0.4, 0.5) is 5.69 Å². The first-order valence-electron chi connectivity index (χ1n) is 7.92. The van der Waals surface area contributed by atoms with Crippen LogP contribution in [0, 0.1) is 6.92 Å². The van der Waals surface area contributed by atoms with Gasteiger partial charge in [0.2, 0.25) is 5.91 Å². The Labute approximate surface area is 157 Å². The first-order chi connectivity index (χ1) is 12.0. The third-order valence-corrected chi connectivity index (χ3v) is 4.52. The summed E-state index contributed by atoms with van der Waals surface area (Å²) in [7, 11) is 0. The number of carbonyl (C=O) groups is 2. The average Bonchev–Trinajstić information content (AvgIpc) is 2.59. The molecule has 2 aromatic carbocycles. The Hall–Kier alpha value is -1.98. The van der Waals surface area contributed by atoms with Crippen molar-refractivity contribution < 1.29 is 9.59 Å². The zero-order valence-electron chi connectivity index (χ0n) is 14.2. The molecule has 0 spiro atoms. The molecule has 25 heavy (non-hydrogen) atoms. The normalized spacial score (nSPS) is 11.6. The largest absolute Gasteiger partial charge is 0.340 e. The summed E-state index contributed by atoms with van der Waals surface area (Å²) in [5.41, 5.74) is 2.22. The highest BCUT2D eigenvalue weighted by Crippen LogP contribution is 2.16. The van der Waals surface area contributed by atoms with Crippen LogP contribution in [0.1, 0.15) is 22.3 Å². The predicted molar refractivity (Wildman–Crippen MR) is 106 cm³/mol. The van der Waals surface area contributed by atoms with Gasteiger partial charge in [0, 0.05) is 16.3 Å². The van der Waals surface area contributed by atoms with E-state index >= 15 is 0 Å². The molecular weight excluding hydrogens is 356 g/mol. The maximum absolute atomic E-state index is 12.6. The minimum absolute atomic E-state index is 0.253. The molecule has 0 fully saturated rings. The monoisotopic (exact) mass is 376 g/mol. The topological polar surface area (TPSA) is 58.2 Å². The molecule has 0 aliphatic heterocycles. The average molecular weight is 377 g/mol. The van der Waals surface area contributed by atoms with Gasteiger partial charge in [-0.05, 0) is 55.7 Å². The SMILES string of the molecule is CSCC[C@@H](NC(=O)c1ccc(C)cc1)C(=O)Nc1cccc(Cl)c1. The summed E-state index contributed by atoms with van der Waals surface area (Å²) in [6.07, 6.45) is 2.51. The lowest BCUT2D eigenvalue weighted by molar-refractivity contribution is -0.118. The number of amides is 2. The van der Waals surface area contributed by atoms with E-state index in [0.717, 1.165) is 11.3 Å². The van der Waals surface area contributed by atoms with Crippen LogP contribution in [0.15, 0.2) is 48.5 Å². The molecule has 4 nitrogen and oxygen atoms in total. The zero-order chi connectivity index (χ0) is 18.2. The van der Waals surface area contributed by atoms with Crippen molar-refractivity contribution in [2.75, 3.05) is 17.3 Å². The molecule has 2 amide bonds. The third kappa shape index (κ3) is 6.11. The molecule has 0 unspecified atom stereocenters. The number of rotatable bonds is 7. The summed E-state index contributed by atoms with van der Waals surface area (Å²) in [5, 5.41) is 6.18. The molecule has 132 valence electrons. The van der Waals surface area contributed by atoms with Crippen molar-refractivity contribution in [3.05, 3.63) is 64.7 Å². The van der Waals surface area contributed by atoms with E-state index in [-0.39, 0.29) is 11.8 Å². The second-order valence-corrected chi connectivity index (χ2v) is 7.10. The summed E-state index contributed by atoms with van der Waals surface area (Å²) in [4.78, 5) is 25.0. The Morgan fingerprint density at radius 1 is 1.16 bits per heavy atom. The molecule has 0 aromatic heterocycles. The molecule has 2 rings (SSSR count). The summed E-state index contributed by atoms with van der Waals surface area (Å²) < 4.78 is 0. The number of nitrogens with one attached hydrogen (secondary N) is 2. The highest BCUT2D eigenvalue weighted by molar-refractivity contribution is 7.98. The number of anilines is 1. The molecule has 2 N–H and O–H groups in total. The van der Waals surface area contributed by atoms with Crippen LogP contribution in [0.25, 0.3) is 0 Å². The molecule has 6 heteroatoms. The Kier molecular flexibility index (Phi) is 7.34. The highest BCUT2D eigenvalue weighted by atomic mass is 35.5. The molecule has 0 heterocycles. The van der Waals surface area contributed by atoms with Gasteiger partial charge in [-0.2, -0.15) is 11.8 Å². The summed E-state index contributed by atoms with van der Waals surface area (Å²) >= 11 is 7.57. The van der Waals surface area contributed by atoms with Crippen LogP contribution < -0.4 is 10.6 Å². The lowest BCUT2D eigenvalue weighted by Gasteiger charge is -2.18. The van der Waals surface area contributed by atoms with Crippen molar-refractivity contribution in [3.63, 3.8) is 0 Å². The Balaban J connectivity index is 2.07. The number of halogens is 1. The molecule has 0 saturated carbocycles. The summed E-state index contributed by atoms with van der Waals surface area (Å²) in [6, 6.07) is 13.6. The standard InChI is InChI=1S/C19H21ClN2O2S/c1-13-6-8-14(9-7-13)18(23)22-17(10-11-25-2)19(24)21-16-5-3-4-15(20)12-16/h3-9,12,17H,10-11H2,1-2H3,(H,21,24)(H,22,23)/t17-/m1/s1. The van der Waals surface area contributed by atoms with Gasteiger partial charge in [0.1, 0.15) is 6.04 Å². The van der Waals surface area contributed by atoms with Crippen LogP contribution in [-0.2, 0) is 4.79 Å². The first kappa shape index (κ1) is 19.3. The van der Waals surface area contributed by atoms with Crippen LogP contribution in [0.5, 0.6) is 0 Å². The Morgan fingerprint density at radius 3 is 2.52 bits per heavy atom. The maximum atomic E-state index is 12.6. The Morgan fingerprint density at radius 2 is 1.88 bits per heavy atom. The van der Waals surface area contributed by atoms with Gasteiger partial charge >= 0.3 is 0 Å². The van der Waals surface area contributed by atoms with E-state index in [1.54, 1.807) is 48.2 Å². The fourth-order valence-corrected chi connectivity index (χ4v) is 2.91. The van der Waals surface area contributed by atoms with Crippen molar-refractivity contribution in [1.29, 1.82) is 0 Å². The Bertz CT molecular complexity index is 734. The molecule has 1 atom stereocenters. The predicted octanol–water partition coefficient (Wildman–Crippen LogP) is 4.14.